The van der Waals surface area contributed by atoms with Gasteiger partial charge < -0.3 is 13.7 Å². The van der Waals surface area contributed by atoms with E-state index in [1.165, 1.54) is 57.2 Å². The summed E-state index contributed by atoms with van der Waals surface area (Å²) < 4.78 is 6.90. The molecule has 146 valence electrons. The molecule has 29 heavy (non-hydrogen) atoms. The first-order valence-corrected chi connectivity index (χ1v) is 10.5. The van der Waals surface area contributed by atoms with Crippen LogP contribution in [0.2, 0.25) is 0 Å². The molecule has 0 bridgehead atoms. The van der Waals surface area contributed by atoms with Crippen LogP contribution < -0.4 is 0 Å². The topological polar surface area (TPSA) is 14.8 Å². The Labute approximate surface area is 171 Å². The molecule has 3 nitrogen and oxygen atoms in total. The maximum Gasteiger partial charge on any atom is 0.0498 e. The van der Waals surface area contributed by atoms with Gasteiger partial charge in [-0.15, -0.1) is 0 Å². The minimum absolute atomic E-state index is 1.05. The van der Waals surface area contributed by atoms with Crippen molar-refractivity contribution in [2.24, 2.45) is 14.1 Å². The summed E-state index contributed by atoms with van der Waals surface area (Å²) in [6, 6.07) is 22.4. The fraction of sp³-hybridized carbons (Fsp3) is 0.231. The largest absolute Gasteiger partial charge is 0.351 e. The molecule has 0 amide bonds. The first-order chi connectivity index (χ1) is 14.2. The van der Waals surface area contributed by atoms with Crippen molar-refractivity contribution in [3.63, 3.8) is 0 Å². The number of hydrogen-bond donors (Lipinski definition) is 0. The fourth-order valence-corrected chi connectivity index (χ4v) is 4.49. The van der Waals surface area contributed by atoms with Gasteiger partial charge in [-0.05, 0) is 42.8 Å². The van der Waals surface area contributed by atoms with Crippen LogP contribution in [0.3, 0.4) is 0 Å². The van der Waals surface area contributed by atoms with Gasteiger partial charge in [0.1, 0.15) is 0 Å². The summed E-state index contributed by atoms with van der Waals surface area (Å²) in [4.78, 5) is 0. The van der Waals surface area contributed by atoms with Crippen LogP contribution in [0.15, 0.2) is 73.1 Å². The van der Waals surface area contributed by atoms with Gasteiger partial charge in [0.05, 0.1) is 0 Å². The van der Waals surface area contributed by atoms with Gasteiger partial charge in [-0.1, -0.05) is 37.6 Å². The molecule has 0 saturated heterocycles. The highest BCUT2D eigenvalue weighted by atomic mass is 15.0. The third-order valence-electron chi connectivity index (χ3n) is 6.08. The lowest BCUT2D eigenvalue weighted by Crippen LogP contribution is -1.98. The van der Waals surface area contributed by atoms with E-state index in [0.29, 0.717) is 0 Å². The maximum atomic E-state index is 2.52. The number of unbranched alkanes of at least 4 members (excludes halogenated alkanes) is 1. The molecule has 0 fully saturated rings. The van der Waals surface area contributed by atoms with E-state index in [1.807, 2.05) is 0 Å². The third kappa shape index (κ3) is 2.89. The number of rotatable bonds is 5. The van der Waals surface area contributed by atoms with Gasteiger partial charge in [-0.3, -0.25) is 0 Å². The molecule has 0 N–H and O–H groups in total. The van der Waals surface area contributed by atoms with Gasteiger partial charge in [0.15, 0.2) is 0 Å². The van der Waals surface area contributed by atoms with E-state index in [2.05, 4.69) is 108 Å². The molecule has 3 heteroatoms. The maximum absolute atomic E-state index is 2.52. The number of benzene rings is 2. The smallest absolute Gasteiger partial charge is 0.0498 e. The lowest BCUT2D eigenvalue weighted by molar-refractivity contribution is 0.665. The van der Waals surface area contributed by atoms with Crippen LogP contribution in [0.4, 0.5) is 0 Å². The second-order valence-corrected chi connectivity index (χ2v) is 7.98. The molecule has 5 rings (SSSR count). The van der Waals surface area contributed by atoms with E-state index in [1.54, 1.807) is 0 Å². The summed E-state index contributed by atoms with van der Waals surface area (Å²) in [6.07, 6.45) is 6.59. The second kappa shape index (κ2) is 7.00. The van der Waals surface area contributed by atoms with Crippen LogP contribution >= 0.6 is 0 Å². The number of nitrogens with zero attached hydrogens (tertiary/aromatic N) is 3. The Balaban J connectivity index is 1.76. The van der Waals surface area contributed by atoms with E-state index < -0.39 is 0 Å². The van der Waals surface area contributed by atoms with Crippen molar-refractivity contribution in [1.29, 1.82) is 0 Å². The van der Waals surface area contributed by atoms with Crippen molar-refractivity contribution in [3.8, 4) is 22.5 Å². The van der Waals surface area contributed by atoms with E-state index in [4.69, 9.17) is 0 Å². The summed E-state index contributed by atoms with van der Waals surface area (Å²) >= 11 is 0. The zero-order valence-electron chi connectivity index (χ0n) is 17.4. The number of aryl methyl sites for hydroxylation is 3. The van der Waals surface area contributed by atoms with Crippen molar-refractivity contribution >= 4 is 21.8 Å². The second-order valence-electron chi connectivity index (χ2n) is 7.98. The van der Waals surface area contributed by atoms with Gasteiger partial charge in [-0.25, -0.2) is 0 Å². The lowest BCUT2D eigenvalue weighted by Gasteiger charge is -2.09. The van der Waals surface area contributed by atoms with Crippen molar-refractivity contribution in [2.75, 3.05) is 0 Å². The van der Waals surface area contributed by atoms with Crippen LogP contribution in [-0.4, -0.2) is 13.7 Å². The van der Waals surface area contributed by atoms with Crippen LogP contribution in [0.25, 0.3) is 44.3 Å². The standard InChI is InChI=1S/C26H27N3/c1-4-5-16-29-25-17-19(23-8-6-14-27(23)2)10-12-21(25)22-13-11-20(18-26(22)29)24-9-7-15-28(24)3/h6-15,17-18H,4-5,16H2,1-3H3. The average Bonchev–Trinajstić information content (AvgIpc) is 3.43. The number of aromatic nitrogens is 3. The third-order valence-corrected chi connectivity index (χ3v) is 6.08. The van der Waals surface area contributed by atoms with Crippen LogP contribution in [0.1, 0.15) is 19.8 Å². The van der Waals surface area contributed by atoms with Crippen molar-refractivity contribution in [3.05, 3.63) is 73.1 Å². The molecule has 3 aromatic heterocycles. The fourth-order valence-electron chi connectivity index (χ4n) is 4.49. The Hall–Kier alpha value is -3.20. The lowest BCUT2D eigenvalue weighted by atomic mass is 10.1. The molecule has 0 aliphatic rings. The average molecular weight is 382 g/mol. The first-order valence-electron chi connectivity index (χ1n) is 10.5. The monoisotopic (exact) mass is 381 g/mol. The highest BCUT2D eigenvalue weighted by Gasteiger charge is 2.14. The van der Waals surface area contributed by atoms with Gasteiger partial charge in [-0.2, -0.15) is 0 Å². The molecule has 3 heterocycles. The zero-order chi connectivity index (χ0) is 20.0. The van der Waals surface area contributed by atoms with Crippen molar-refractivity contribution < 1.29 is 0 Å². The Morgan fingerprint density at radius 1 is 0.690 bits per heavy atom. The molecular weight excluding hydrogens is 354 g/mol. The SMILES string of the molecule is CCCCn1c2cc(-c3cccn3C)ccc2c2ccc(-c3cccn3C)cc21. The minimum atomic E-state index is 1.05. The molecule has 0 aliphatic carbocycles. The van der Waals surface area contributed by atoms with Gasteiger partial charge in [0.25, 0.3) is 0 Å². The Morgan fingerprint density at radius 2 is 1.21 bits per heavy atom. The van der Waals surface area contributed by atoms with E-state index in [0.717, 1.165) is 6.54 Å². The van der Waals surface area contributed by atoms with E-state index in [9.17, 15) is 0 Å². The molecule has 0 aliphatic heterocycles. The summed E-state index contributed by atoms with van der Waals surface area (Å²) in [6.45, 7) is 3.31. The van der Waals surface area contributed by atoms with E-state index >= 15 is 0 Å². The van der Waals surface area contributed by atoms with E-state index in [-0.39, 0.29) is 0 Å². The summed E-state index contributed by atoms with van der Waals surface area (Å²) in [5.41, 5.74) is 7.71. The highest BCUT2D eigenvalue weighted by molar-refractivity contribution is 6.09. The quantitative estimate of drug-likeness (QED) is 0.325. The first kappa shape index (κ1) is 17.9. The van der Waals surface area contributed by atoms with Gasteiger partial charge >= 0.3 is 0 Å². The van der Waals surface area contributed by atoms with Crippen molar-refractivity contribution in [2.45, 2.75) is 26.3 Å². The highest BCUT2D eigenvalue weighted by Crippen LogP contribution is 2.35. The Bertz CT molecular complexity index is 1220. The normalized spacial score (nSPS) is 11.7. The molecule has 0 saturated carbocycles. The van der Waals surface area contributed by atoms with Crippen LogP contribution in [-0.2, 0) is 20.6 Å². The molecule has 0 atom stereocenters. The molecular formula is C26H27N3. The molecule has 0 unspecified atom stereocenters. The van der Waals surface area contributed by atoms with Gasteiger partial charge in [0, 0.05) is 77.4 Å². The predicted molar refractivity (Wildman–Crippen MR) is 123 cm³/mol. The van der Waals surface area contributed by atoms with Crippen LogP contribution in [0, 0.1) is 0 Å². The number of fused-ring (bicyclic) bond motifs is 3. The predicted octanol–water partition coefficient (Wildman–Crippen LogP) is 6.61. The minimum Gasteiger partial charge on any atom is -0.351 e. The molecule has 5 aromatic rings. The zero-order valence-corrected chi connectivity index (χ0v) is 17.4. The van der Waals surface area contributed by atoms with Crippen molar-refractivity contribution in [1.82, 2.24) is 13.7 Å². The molecule has 2 aromatic carbocycles. The summed E-state index contributed by atoms with van der Waals surface area (Å²) in [7, 11) is 4.22. The number of hydrogen-bond acceptors (Lipinski definition) is 0. The molecule has 0 radical (unpaired) electrons. The summed E-state index contributed by atoms with van der Waals surface area (Å²) in [5, 5.41) is 2.68. The summed E-state index contributed by atoms with van der Waals surface area (Å²) in [5.74, 6) is 0. The Kier molecular flexibility index (Phi) is 4.31. The van der Waals surface area contributed by atoms with Crippen LogP contribution in [0.5, 0.6) is 0 Å². The van der Waals surface area contributed by atoms with Gasteiger partial charge in [0.2, 0.25) is 0 Å². The molecule has 0 spiro atoms. The Morgan fingerprint density at radius 3 is 1.62 bits per heavy atom.